The SMILES string of the molecule is CCC(C)(C)C(N)C1=COCCC1. The second-order valence-corrected chi connectivity index (χ2v) is 4.49. The molecule has 0 amide bonds. The summed E-state index contributed by atoms with van der Waals surface area (Å²) in [7, 11) is 0. The normalized spacial score (nSPS) is 20.5. The lowest BCUT2D eigenvalue weighted by molar-refractivity contribution is 0.206. The van der Waals surface area contributed by atoms with Crippen LogP contribution in [0.15, 0.2) is 11.8 Å². The zero-order valence-electron chi connectivity index (χ0n) is 8.97. The fraction of sp³-hybridized carbons (Fsp3) is 0.818. The summed E-state index contributed by atoms with van der Waals surface area (Å²) in [5.74, 6) is 0. The molecule has 0 aliphatic carbocycles. The highest BCUT2D eigenvalue weighted by molar-refractivity contribution is 5.12. The number of nitrogens with two attached hydrogens (primary N) is 1. The van der Waals surface area contributed by atoms with E-state index < -0.39 is 0 Å². The molecule has 0 bridgehead atoms. The maximum absolute atomic E-state index is 6.19. The average molecular weight is 183 g/mol. The summed E-state index contributed by atoms with van der Waals surface area (Å²) >= 11 is 0. The summed E-state index contributed by atoms with van der Waals surface area (Å²) in [6.45, 7) is 7.47. The lowest BCUT2D eigenvalue weighted by Gasteiger charge is -2.33. The van der Waals surface area contributed by atoms with E-state index in [0.29, 0.717) is 0 Å². The zero-order valence-corrected chi connectivity index (χ0v) is 8.97. The average Bonchev–Trinajstić information content (AvgIpc) is 2.18. The summed E-state index contributed by atoms with van der Waals surface area (Å²) in [6, 6.07) is 0.151. The second-order valence-electron chi connectivity index (χ2n) is 4.49. The molecule has 1 rings (SSSR count). The largest absolute Gasteiger partial charge is 0.501 e. The fourth-order valence-electron chi connectivity index (χ4n) is 1.54. The zero-order chi connectivity index (χ0) is 9.90. The summed E-state index contributed by atoms with van der Waals surface area (Å²) in [6.07, 6.45) is 5.18. The first kappa shape index (κ1) is 10.6. The Balaban J connectivity index is 2.65. The second kappa shape index (κ2) is 4.14. The minimum Gasteiger partial charge on any atom is -0.501 e. The van der Waals surface area contributed by atoms with Crippen LogP contribution in [0.4, 0.5) is 0 Å². The minimum atomic E-state index is 0.151. The maximum Gasteiger partial charge on any atom is 0.0876 e. The first-order valence-electron chi connectivity index (χ1n) is 5.14. The molecule has 2 heteroatoms. The van der Waals surface area contributed by atoms with E-state index >= 15 is 0 Å². The number of ether oxygens (including phenoxy) is 1. The van der Waals surface area contributed by atoms with E-state index in [2.05, 4.69) is 20.8 Å². The van der Waals surface area contributed by atoms with Gasteiger partial charge in [-0.2, -0.15) is 0 Å². The van der Waals surface area contributed by atoms with E-state index in [1.165, 1.54) is 5.57 Å². The fourth-order valence-corrected chi connectivity index (χ4v) is 1.54. The van der Waals surface area contributed by atoms with Gasteiger partial charge >= 0.3 is 0 Å². The third kappa shape index (κ3) is 2.47. The highest BCUT2D eigenvalue weighted by Crippen LogP contribution is 2.30. The van der Waals surface area contributed by atoms with Crippen LogP contribution in [0.25, 0.3) is 0 Å². The molecule has 1 atom stereocenters. The Labute approximate surface area is 81.1 Å². The quantitative estimate of drug-likeness (QED) is 0.729. The van der Waals surface area contributed by atoms with Gasteiger partial charge in [-0.3, -0.25) is 0 Å². The van der Waals surface area contributed by atoms with Crippen molar-refractivity contribution in [3.63, 3.8) is 0 Å². The first-order valence-corrected chi connectivity index (χ1v) is 5.14. The van der Waals surface area contributed by atoms with E-state index in [1.807, 2.05) is 6.26 Å². The molecule has 0 spiro atoms. The van der Waals surface area contributed by atoms with Crippen LogP contribution in [-0.2, 0) is 4.74 Å². The molecule has 0 saturated carbocycles. The van der Waals surface area contributed by atoms with Gasteiger partial charge in [0.15, 0.2) is 0 Å². The van der Waals surface area contributed by atoms with Crippen LogP contribution in [0, 0.1) is 5.41 Å². The van der Waals surface area contributed by atoms with Crippen molar-refractivity contribution in [1.29, 1.82) is 0 Å². The van der Waals surface area contributed by atoms with Crippen molar-refractivity contribution < 1.29 is 4.74 Å². The standard InChI is InChI=1S/C11H21NO/c1-4-11(2,3)10(12)9-6-5-7-13-8-9/h8,10H,4-7,12H2,1-3H3. The van der Waals surface area contributed by atoms with Crippen molar-refractivity contribution in [1.82, 2.24) is 0 Å². The Kier molecular flexibility index (Phi) is 3.37. The Morgan fingerprint density at radius 1 is 1.62 bits per heavy atom. The molecule has 1 unspecified atom stereocenters. The van der Waals surface area contributed by atoms with Crippen molar-refractivity contribution >= 4 is 0 Å². The van der Waals surface area contributed by atoms with Crippen LogP contribution < -0.4 is 5.73 Å². The number of rotatable bonds is 3. The van der Waals surface area contributed by atoms with Crippen LogP contribution in [0.1, 0.15) is 40.0 Å². The van der Waals surface area contributed by atoms with E-state index in [1.54, 1.807) is 0 Å². The van der Waals surface area contributed by atoms with Crippen molar-refractivity contribution in [2.24, 2.45) is 11.1 Å². The van der Waals surface area contributed by atoms with Crippen LogP contribution >= 0.6 is 0 Å². The molecule has 13 heavy (non-hydrogen) atoms. The van der Waals surface area contributed by atoms with Crippen molar-refractivity contribution in [3.05, 3.63) is 11.8 Å². The van der Waals surface area contributed by atoms with Crippen molar-refractivity contribution in [3.8, 4) is 0 Å². The van der Waals surface area contributed by atoms with Crippen LogP contribution in [0.3, 0.4) is 0 Å². The topological polar surface area (TPSA) is 35.2 Å². The third-order valence-corrected chi connectivity index (χ3v) is 3.11. The minimum absolute atomic E-state index is 0.151. The van der Waals surface area contributed by atoms with Gasteiger partial charge in [0.1, 0.15) is 0 Å². The summed E-state index contributed by atoms with van der Waals surface area (Å²) in [5.41, 5.74) is 7.65. The van der Waals surface area contributed by atoms with Crippen LogP contribution in [-0.4, -0.2) is 12.6 Å². The molecule has 0 aromatic heterocycles. The van der Waals surface area contributed by atoms with Gasteiger partial charge in [-0.05, 0) is 30.3 Å². The van der Waals surface area contributed by atoms with Gasteiger partial charge in [0.05, 0.1) is 12.9 Å². The highest BCUT2D eigenvalue weighted by atomic mass is 16.5. The van der Waals surface area contributed by atoms with Crippen LogP contribution in [0.5, 0.6) is 0 Å². The molecule has 0 radical (unpaired) electrons. The molecule has 1 heterocycles. The monoisotopic (exact) mass is 183 g/mol. The molecule has 0 aromatic carbocycles. The molecule has 0 aromatic rings. The summed E-state index contributed by atoms with van der Waals surface area (Å²) in [5, 5.41) is 0. The Hall–Kier alpha value is -0.500. The molecule has 2 nitrogen and oxygen atoms in total. The van der Waals surface area contributed by atoms with Gasteiger partial charge in [-0.25, -0.2) is 0 Å². The molecule has 1 aliphatic rings. The third-order valence-electron chi connectivity index (χ3n) is 3.11. The van der Waals surface area contributed by atoms with E-state index in [4.69, 9.17) is 10.5 Å². The highest BCUT2D eigenvalue weighted by Gasteiger charge is 2.28. The number of hydrogen-bond acceptors (Lipinski definition) is 2. The number of hydrogen-bond donors (Lipinski definition) is 1. The summed E-state index contributed by atoms with van der Waals surface area (Å²) < 4.78 is 5.30. The molecule has 0 fully saturated rings. The van der Waals surface area contributed by atoms with Gasteiger partial charge in [-0.15, -0.1) is 0 Å². The Morgan fingerprint density at radius 3 is 2.77 bits per heavy atom. The predicted molar refractivity (Wildman–Crippen MR) is 55.3 cm³/mol. The predicted octanol–water partition coefficient (Wildman–Crippen LogP) is 2.44. The van der Waals surface area contributed by atoms with Gasteiger partial charge in [0.2, 0.25) is 0 Å². The molecule has 0 saturated heterocycles. The molecule has 1 aliphatic heterocycles. The van der Waals surface area contributed by atoms with E-state index in [0.717, 1.165) is 25.9 Å². The van der Waals surface area contributed by atoms with Crippen LogP contribution in [0.2, 0.25) is 0 Å². The van der Waals surface area contributed by atoms with Crippen molar-refractivity contribution in [2.45, 2.75) is 46.1 Å². The van der Waals surface area contributed by atoms with E-state index in [-0.39, 0.29) is 11.5 Å². The van der Waals surface area contributed by atoms with Gasteiger partial charge in [0.25, 0.3) is 0 Å². The first-order chi connectivity index (χ1) is 6.08. The van der Waals surface area contributed by atoms with Gasteiger partial charge in [-0.1, -0.05) is 20.8 Å². The Morgan fingerprint density at radius 2 is 2.31 bits per heavy atom. The maximum atomic E-state index is 6.19. The lowest BCUT2D eigenvalue weighted by atomic mass is 9.78. The van der Waals surface area contributed by atoms with Gasteiger partial charge in [0, 0.05) is 6.04 Å². The Bertz CT molecular complexity index is 196. The lowest BCUT2D eigenvalue weighted by Crippen LogP contribution is -2.39. The van der Waals surface area contributed by atoms with E-state index in [9.17, 15) is 0 Å². The molecular weight excluding hydrogens is 162 g/mol. The summed E-state index contributed by atoms with van der Waals surface area (Å²) in [4.78, 5) is 0. The molecular formula is C11H21NO. The molecule has 76 valence electrons. The van der Waals surface area contributed by atoms with Crippen molar-refractivity contribution in [2.75, 3.05) is 6.61 Å². The van der Waals surface area contributed by atoms with Gasteiger partial charge < -0.3 is 10.5 Å². The molecule has 2 N–H and O–H groups in total. The smallest absolute Gasteiger partial charge is 0.0876 e.